The van der Waals surface area contributed by atoms with Gasteiger partial charge in [-0.2, -0.15) is 5.10 Å². The third kappa shape index (κ3) is 2.59. The average molecular weight is 293 g/mol. The van der Waals surface area contributed by atoms with Crippen LogP contribution in [-0.2, 0) is 17.1 Å². The normalized spacial score (nSPS) is 11.7. The Kier molecular flexibility index (Phi) is 3.11. The molecule has 2 aromatic rings. The number of rotatable bonds is 3. The molecule has 0 bridgehead atoms. The smallest absolute Gasteiger partial charge is 0.274 e. The molecule has 0 spiro atoms. The van der Waals surface area contributed by atoms with Crippen LogP contribution in [0.2, 0.25) is 4.47 Å². The highest BCUT2D eigenvalue weighted by molar-refractivity contribution is 7.94. The third-order valence-corrected chi connectivity index (χ3v) is 5.15. The van der Waals surface area contributed by atoms with Crippen LogP contribution in [0.15, 0.2) is 16.5 Å². The molecule has 0 unspecified atom stereocenters. The van der Waals surface area contributed by atoms with E-state index < -0.39 is 10.0 Å². The molecule has 0 aliphatic carbocycles. The predicted octanol–water partition coefficient (Wildman–Crippen LogP) is 1.64. The Hall–Kier alpha value is -1.12. The largest absolute Gasteiger partial charge is 0.274 e. The monoisotopic (exact) mass is 292 g/mol. The molecule has 2 rings (SSSR count). The van der Waals surface area contributed by atoms with Crippen LogP contribution in [0.25, 0.3) is 0 Å². The van der Waals surface area contributed by atoms with Crippen molar-refractivity contribution in [1.82, 2.24) is 14.8 Å². The first-order valence-electron chi connectivity index (χ1n) is 4.54. The molecule has 17 heavy (non-hydrogen) atoms. The van der Waals surface area contributed by atoms with Gasteiger partial charge in [-0.1, -0.05) is 22.9 Å². The fourth-order valence-corrected chi connectivity index (χ4v) is 3.99. The lowest BCUT2D eigenvalue weighted by Gasteiger charge is -2.02. The van der Waals surface area contributed by atoms with Gasteiger partial charge in [0, 0.05) is 19.3 Å². The lowest BCUT2D eigenvalue weighted by Crippen LogP contribution is -2.13. The summed E-state index contributed by atoms with van der Waals surface area (Å²) in [7, 11) is -1.96. The number of sulfonamides is 1. The molecule has 0 atom stereocenters. The molecular weight excluding hydrogens is 284 g/mol. The van der Waals surface area contributed by atoms with E-state index in [4.69, 9.17) is 11.6 Å². The van der Waals surface area contributed by atoms with Gasteiger partial charge >= 0.3 is 0 Å². The van der Waals surface area contributed by atoms with E-state index in [1.807, 2.05) is 0 Å². The van der Waals surface area contributed by atoms with Gasteiger partial charge in [-0.25, -0.2) is 13.4 Å². The number of hydrogen-bond donors (Lipinski definition) is 1. The lowest BCUT2D eigenvalue weighted by molar-refractivity contribution is 0.602. The van der Waals surface area contributed by atoms with Crippen LogP contribution in [0.5, 0.6) is 0 Å². The molecule has 6 nitrogen and oxygen atoms in total. The highest BCUT2D eigenvalue weighted by atomic mass is 35.5. The minimum absolute atomic E-state index is 0.105. The van der Waals surface area contributed by atoms with Crippen LogP contribution in [0, 0.1) is 6.92 Å². The Bertz CT molecular complexity index is 646. The van der Waals surface area contributed by atoms with Gasteiger partial charge in [0.15, 0.2) is 14.5 Å². The molecule has 0 aliphatic rings. The predicted molar refractivity (Wildman–Crippen MR) is 65.9 cm³/mol. The van der Waals surface area contributed by atoms with Crippen molar-refractivity contribution in [3.8, 4) is 0 Å². The number of halogens is 1. The van der Waals surface area contributed by atoms with E-state index in [0.717, 1.165) is 11.3 Å². The fourth-order valence-electron chi connectivity index (χ4n) is 1.25. The second-order valence-electron chi connectivity index (χ2n) is 3.32. The summed E-state index contributed by atoms with van der Waals surface area (Å²) < 4.78 is 28.2. The van der Waals surface area contributed by atoms with E-state index in [-0.39, 0.29) is 14.5 Å². The van der Waals surface area contributed by atoms with E-state index in [9.17, 15) is 8.42 Å². The van der Waals surface area contributed by atoms with Crippen molar-refractivity contribution in [2.45, 2.75) is 11.1 Å². The van der Waals surface area contributed by atoms with Crippen molar-refractivity contribution in [3.63, 3.8) is 0 Å². The molecule has 0 saturated heterocycles. The zero-order valence-electron chi connectivity index (χ0n) is 9.01. The van der Waals surface area contributed by atoms with E-state index >= 15 is 0 Å². The number of aryl methyl sites for hydroxylation is 2. The van der Waals surface area contributed by atoms with Crippen molar-refractivity contribution in [2.24, 2.45) is 7.05 Å². The third-order valence-electron chi connectivity index (χ3n) is 1.92. The minimum atomic E-state index is -3.66. The number of nitrogens with zero attached hydrogens (tertiary/aromatic N) is 3. The van der Waals surface area contributed by atoms with Crippen molar-refractivity contribution < 1.29 is 8.42 Å². The van der Waals surface area contributed by atoms with E-state index in [1.54, 1.807) is 26.2 Å². The molecule has 0 amide bonds. The highest BCUT2D eigenvalue weighted by Gasteiger charge is 2.22. The van der Waals surface area contributed by atoms with E-state index in [2.05, 4.69) is 14.8 Å². The van der Waals surface area contributed by atoms with Gasteiger partial charge in [0.1, 0.15) is 0 Å². The standard InChI is InChI=1S/C8H9ClN4O2S2/c1-5-7(16-8(9)10-5)17(14,15)12-6-3-4-13(2)11-6/h3-4H,1-2H3,(H,11,12). The average Bonchev–Trinajstić information content (AvgIpc) is 2.72. The molecule has 1 N–H and O–H groups in total. The number of thiazole rings is 1. The van der Waals surface area contributed by atoms with Crippen molar-refractivity contribution >= 4 is 38.8 Å². The minimum Gasteiger partial charge on any atom is -0.274 e. The summed E-state index contributed by atoms with van der Waals surface area (Å²) in [6.07, 6.45) is 1.64. The number of hydrogen-bond acceptors (Lipinski definition) is 5. The Labute approximate surface area is 107 Å². The van der Waals surface area contributed by atoms with Gasteiger partial charge in [-0.3, -0.25) is 9.40 Å². The molecule has 0 fully saturated rings. The fraction of sp³-hybridized carbons (Fsp3) is 0.250. The maximum absolute atomic E-state index is 12.0. The number of nitrogens with one attached hydrogen (secondary N) is 1. The summed E-state index contributed by atoms with van der Waals surface area (Å²) in [6, 6.07) is 1.57. The topological polar surface area (TPSA) is 76.9 Å². The first kappa shape index (κ1) is 12.3. The second-order valence-corrected chi connectivity index (χ2v) is 6.78. The number of aromatic nitrogens is 3. The van der Waals surface area contributed by atoms with Gasteiger partial charge < -0.3 is 0 Å². The summed E-state index contributed by atoms with van der Waals surface area (Å²) in [5.74, 6) is 0.261. The zero-order chi connectivity index (χ0) is 12.6. The van der Waals surface area contributed by atoms with Crippen molar-refractivity contribution in [3.05, 3.63) is 22.4 Å². The van der Waals surface area contributed by atoms with Gasteiger partial charge in [0.25, 0.3) is 10.0 Å². The lowest BCUT2D eigenvalue weighted by atomic mass is 10.6. The first-order valence-corrected chi connectivity index (χ1v) is 7.21. The van der Waals surface area contributed by atoms with Crippen molar-refractivity contribution in [2.75, 3.05) is 4.72 Å². The maximum atomic E-state index is 12.0. The van der Waals surface area contributed by atoms with Crippen molar-refractivity contribution in [1.29, 1.82) is 0 Å². The van der Waals surface area contributed by atoms with Crippen LogP contribution in [0.3, 0.4) is 0 Å². The van der Waals surface area contributed by atoms with Crippen LogP contribution in [0.1, 0.15) is 5.69 Å². The first-order chi connectivity index (χ1) is 7.88. The Balaban J connectivity index is 2.34. The van der Waals surface area contributed by atoms with E-state index in [1.165, 1.54) is 4.68 Å². The summed E-state index contributed by atoms with van der Waals surface area (Å²) in [5.41, 5.74) is 0.378. The Morgan fingerprint density at radius 1 is 1.53 bits per heavy atom. The zero-order valence-corrected chi connectivity index (χ0v) is 11.4. The van der Waals surface area contributed by atoms with Gasteiger partial charge in [-0.05, 0) is 6.92 Å². The molecule has 0 saturated carbocycles. The summed E-state index contributed by atoms with van der Waals surface area (Å²) >= 11 is 6.59. The Morgan fingerprint density at radius 3 is 2.71 bits per heavy atom. The quantitative estimate of drug-likeness (QED) is 0.933. The van der Waals surface area contributed by atoms with Gasteiger partial charge in [0.2, 0.25) is 0 Å². The molecule has 0 radical (unpaired) electrons. The molecule has 92 valence electrons. The molecular formula is C8H9ClN4O2S2. The second kappa shape index (κ2) is 4.28. The molecule has 0 aromatic carbocycles. The molecule has 2 heterocycles. The van der Waals surface area contributed by atoms with Crippen LogP contribution in [0.4, 0.5) is 5.82 Å². The van der Waals surface area contributed by atoms with E-state index in [0.29, 0.717) is 5.69 Å². The SMILES string of the molecule is Cc1nc(Cl)sc1S(=O)(=O)Nc1ccn(C)n1. The Morgan fingerprint density at radius 2 is 2.24 bits per heavy atom. The summed E-state index contributed by atoms with van der Waals surface area (Å²) in [5, 5.41) is 3.94. The van der Waals surface area contributed by atoms with Gasteiger partial charge in [0.05, 0.1) is 5.69 Å². The van der Waals surface area contributed by atoms with Crippen LogP contribution >= 0.6 is 22.9 Å². The molecule has 0 aliphatic heterocycles. The van der Waals surface area contributed by atoms with Crippen LogP contribution in [-0.4, -0.2) is 23.2 Å². The summed E-state index contributed by atoms with van der Waals surface area (Å²) in [4.78, 5) is 3.86. The summed E-state index contributed by atoms with van der Waals surface area (Å²) in [6.45, 7) is 1.59. The van der Waals surface area contributed by atoms with Crippen LogP contribution < -0.4 is 4.72 Å². The maximum Gasteiger partial charge on any atom is 0.274 e. The molecule has 9 heteroatoms. The number of anilines is 1. The highest BCUT2D eigenvalue weighted by Crippen LogP contribution is 2.27. The van der Waals surface area contributed by atoms with Gasteiger partial charge in [-0.15, -0.1) is 0 Å². The molecule has 2 aromatic heterocycles.